The molecule has 0 saturated carbocycles. The first-order chi connectivity index (χ1) is 19.5. The van der Waals surface area contributed by atoms with Crippen molar-refractivity contribution in [1.29, 1.82) is 0 Å². The highest BCUT2D eigenvalue weighted by Gasteiger charge is 2.28. The van der Waals surface area contributed by atoms with Crippen LogP contribution in [0, 0.1) is 17.0 Å². The normalized spacial score (nSPS) is 12.5. The van der Waals surface area contributed by atoms with E-state index in [0.717, 1.165) is 12.1 Å². The SMILES string of the molecule is Cc1n[nH]c(/N=N/c2c(S(=O)(=O)O)cc3cc(S(=O)(=O)O)c(/N=N/c4ccc([N+](=O)[O-])cc4)c(N)c3c2O)c1C(=O)O. The number of aromatic nitrogens is 2. The molecule has 4 aromatic rings. The quantitative estimate of drug-likeness (QED) is 0.0532. The number of phenols is 1. The summed E-state index contributed by atoms with van der Waals surface area (Å²) in [4.78, 5) is 19.6. The highest BCUT2D eigenvalue weighted by atomic mass is 32.2. The minimum atomic E-state index is -5.20. The summed E-state index contributed by atoms with van der Waals surface area (Å²) in [7, 11) is -10.3. The number of benzene rings is 3. The van der Waals surface area contributed by atoms with Gasteiger partial charge in [-0.25, -0.2) is 4.79 Å². The lowest BCUT2D eigenvalue weighted by Gasteiger charge is -2.14. The Kier molecular flexibility index (Phi) is 7.43. The average molecular weight is 621 g/mol. The Bertz CT molecular complexity index is 2070. The second kappa shape index (κ2) is 10.5. The van der Waals surface area contributed by atoms with Gasteiger partial charge < -0.3 is 15.9 Å². The van der Waals surface area contributed by atoms with Crippen LogP contribution in [0.4, 0.5) is 34.3 Å². The number of azo groups is 2. The van der Waals surface area contributed by atoms with Crippen LogP contribution in [-0.2, 0) is 20.2 Å². The molecule has 0 aliphatic rings. The van der Waals surface area contributed by atoms with Gasteiger partial charge in [0.15, 0.2) is 11.6 Å². The van der Waals surface area contributed by atoms with Crippen molar-refractivity contribution < 1.29 is 45.9 Å². The van der Waals surface area contributed by atoms with Crippen molar-refractivity contribution in [3.63, 3.8) is 0 Å². The van der Waals surface area contributed by atoms with Gasteiger partial charge in [0.25, 0.3) is 25.9 Å². The van der Waals surface area contributed by atoms with Crippen molar-refractivity contribution in [2.75, 3.05) is 5.73 Å². The molecule has 1 heterocycles. The van der Waals surface area contributed by atoms with Crippen LogP contribution in [-0.4, -0.2) is 57.2 Å². The van der Waals surface area contributed by atoms with Crippen LogP contribution in [0.5, 0.6) is 5.75 Å². The van der Waals surface area contributed by atoms with Crippen molar-refractivity contribution in [1.82, 2.24) is 10.2 Å². The van der Waals surface area contributed by atoms with Gasteiger partial charge in [0.2, 0.25) is 0 Å². The van der Waals surface area contributed by atoms with Gasteiger partial charge in [-0.05, 0) is 36.6 Å². The summed E-state index contributed by atoms with van der Waals surface area (Å²) in [5.41, 5.74) is 3.05. The molecule has 1 aromatic heterocycles. The third kappa shape index (κ3) is 5.60. The standard InChI is InChI=1S/C21H16N8O11S2/c1-8-14(21(31)32)20(27-23-8)28-26-18-13(42(38,39)40)7-9-6-12(41(35,36)37)17(16(22)15(9)19(18)30)25-24-10-2-4-11(5-3-10)29(33)34/h2-7,30H,22H2,1H3,(H,23,27)(H,31,32)(H,35,36,37)(H,38,39,40)/b25-24+,28-26+. The number of hydrogen-bond acceptors (Lipinski definition) is 14. The van der Waals surface area contributed by atoms with Crippen molar-refractivity contribution in [3.05, 3.63) is 57.8 Å². The van der Waals surface area contributed by atoms with Crippen molar-refractivity contribution in [3.8, 4) is 5.75 Å². The molecule has 4 rings (SSSR count). The molecule has 0 aliphatic carbocycles. The number of fused-ring (bicyclic) bond motifs is 1. The number of nitrogens with two attached hydrogens (primary N) is 1. The number of nitrogen functional groups attached to an aromatic ring is 1. The van der Waals surface area contributed by atoms with E-state index >= 15 is 0 Å². The summed E-state index contributed by atoms with van der Waals surface area (Å²) in [6.45, 7) is 1.33. The Labute approximate surface area is 233 Å². The molecule has 0 atom stereocenters. The lowest BCUT2D eigenvalue weighted by atomic mass is 10.1. The van der Waals surface area contributed by atoms with E-state index in [1.54, 1.807) is 0 Å². The summed E-state index contributed by atoms with van der Waals surface area (Å²) in [5.74, 6) is -2.98. The van der Waals surface area contributed by atoms with Gasteiger partial charge in [0.05, 0.1) is 27.4 Å². The molecule has 0 aliphatic heterocycles. The number of nitro groups is 1. The van der Waals surface area contributed by atoms with Crippen LogP contribution in [0.25, 0.3) is 10.8 Å². The third-order valence-corrected chi connectivity index (χ3v) is 7.32. The number of anilines is 1. The number of aromatic carboxylic acids is 1. The van der Waals surface area contributed by atoms with E-state index in [9.17, 15) is 51.1 Å². The largest absolute Gasteiger partial charge is 0.505 e. The molecule has 0 amide bonds. The summed E-state index contributed by atoms with van der Waals surface area (Å²) in [6, 6.07) is 5.85. The van der Waals surface area contributed by atoms with Gasteiger partial charge in [0, 0.05) is 12.1 Å². The maximum atomic E-state index is 12.2. The van der Waals surface area contributed by atoms with E-state index in [0.29, 0.717) is 12.1 Å². The fraction of sp³-hybridized carbons (Fsp3) is 0.0476. The molecule has 0 fully saturated rings. The topological polar surface area (TPSA) is 314 Å². The smallest absolute Gasteiger partial charge is 0.341 e. The van der Waals surface area contributed by atoms with E-state index in [1.165, 1.54) is 19.1 Å². The number of rotatable bonds is 8. The Morgan fingerprint density at radius 3 is 2.05 bits per heavy atom. The highest BCUT2D eigenvalue weighted by Crippen LogP contribution is 2.48. The number of H-pyrrole nitrogens is 1. The van der Waals surface area contributed by atoms with Crippen molar-refractivity contribution in [2.45, 2.75) is 16.7 Å². The molecule has 21 heteroatoms. The fourth-order valence-electron chi connectivity index (χ4n) is 3.70. The Morgan fingerprint density at radius 1 is 0.976 bits per heavy atom. The highest BCUT2D eigenvalue weighted by molar-refractivity contribution is 7.86. The number of hydrogen-bond donors (Lipinski definition) is 6. The zero-order valence-corrected chi connectivity index (χ0v) is 22.3. The minimum absolute atomic E-state index is 0.000743. The van der Waals surface area contributed by atoms with Gasteiger partial charge in [-0.1, -0.05) is 0 Å². The number of aromatic hydroxyl groups is 1. The maximum absolute atomic E-state index is 12.2. The van der Waals surface area contributed by atoms with Crippen molar-refractivity contribution >= 4 is 71.2 Å². The summed E-state index contributed by atoms with van der Waals surface area (Å²) >= 11 is 0. The monoisotopic (exact) mass is 620 g/mol. The van der Waals surface area contributed by atoms with Crippen LogP contribution < -0.4 is 5.73 Å². The van der Waals surface area contributed by atoms with Crippen LogP contribution in [0.2, 0.25) is 0 Å². The number of nitrogens with one attached hydrogen (secondary N) is 1. The van der Waals surface area contributed by atoms with Crippen LogP contribution in [0.3, 0.4) is 0 Å². The number of aromatic amines is 1. The number of carboxylic acids is 1. The molecule has 0 spiro atoms. The second-order valence-corrected chi connectivity index (χ2v) is 11.0. The van der Waals surface area contributed by atoms with Gasteiger partial charge >= 0.3 is 5.97 Å². The Balaban J connectivity index is 2.00. The summed E-state index contributed by atoms with van der Waals surface area (Å²) < 4.78 is 68.2. The van der Waals surface area contributed by atoms with Gasteiger partial charge in [0.1, 0.15) is 26.7 Å². The predicted molar refractivity (Wildman–Crippen MR) is 141 cm³/mol. The van der Waals surface area contributed by atoms with Crippen LogP contribution >= 0.6 is 0 Å². The maximum Gasteiger partial charge on any atom is 0.341 e. The van der Waals surface area contributed by atoms with Gasteiger partial charge in [-0.3, -0.25) is 24.3 Å². The third-order valence-electron chi connectivity index (χ3n) is 5.59. The molecule has 0 bridgehead atoms. The zero-order valence-electron chi connectivity index (χ0n) is 20.7. The number of nitrogens with zero attached hydrogens (tertiary/aromatic N) is 6. The van der Waals surface area contributed by atoms with E-state index in [4.69, 9.17) is 5.73 Å². The van der Waals surface area contributed by atoms with E-state index in [2.05, 4.69) is 30.7 Å². The average Bonchev–Trinajstić information content (AvgIpc) is 3.26. The number of aryl methyl sites for hydroxylation is 1. The van der Waals surface area contributed by atoms with Crippen LogP contribution in [0.1, 0.15) is 16.1 Å². The molecular weight excluding hydrogens is 604 g/mol. The molecule has 0 unspecified atom stereocenters. The van der Waals surface area contributed by atoms with E-state index < -0.39 is 85.9 Å². The number of phenolic OH excluding ortho intramolecular Hbond substituents is 1. The van der Waals surface area contributed by atoms with Crippen molar-refractivity contribution in [2.24, 2.45) is 20.5 Å². The predicted octanol–water partition coefficient (Wildman–Crippen LogP) is 4.09. The molecule has 19 nitrogen and oxygen atoms in total. The van der Waals surface area contributed by atoms with E-state index in [1.807, 2.05) is 0 Å². The first kappa shape index (κ1) is 29.6. The molecule has 0 radical (unpaired) electrons. The second-order valence-electron chi connectivity index (χ2n) is 8.27. The lowest BCUT2D eigenvalue weighted by molar-refractivity contribution is -0.384. The number of non-ortho nitro benzene ring substituents is 1. The molecular formula is C21H16N8O11S2. The Hall–Kier alpha value is -5.38. The molecule has 0 saturated heterocycles. The molecule has 3 aromatic carbocycles. The lowest BCUT2D eigenvalue weighted by Crippen LogP contribution is -2.03. The van der Waals surface area contributed by atoms with E-state index in [-0.39, 0.29) is 17.1 Å². The first-order valence-electron chi connectivity index (χ1n) is 10.9. The minimum Gasteiger partial charge on any atom is -0.505 e. The molecule has 218 valence electrons. The summed E-state index contributed by atoms with van der Waals surface area (Å²) in [5, 5.41) is 50.9. The first-order valence-corrected chi connectivity index (χ1v) is 13.8. The fourth-order valence-corrected chi connectivity index (χ4v) is 5.03. The number of carboxylic acid groups (broad SMARTS) is 1. The number of nitro benzene ring substituents is 1. The van der Waals surface area contributed by atoms with Gasteiger partial charge in [-0.15, -0.1) is 15.3 Å². The molecule has 7 N–H and O–H groups in total. The summed E-state index contributed by atoms with van der Waals surface area (Å²) in [6.07, 6.45) is 0. The number of carbonyl (C=O) groups is 1. The Morgan fingerprint density at radius 2 is 1.52 bits per heavy atom. The molecule has 42 heavy (non-hydrogen) atoms. The van der Waals surface area contributed by atoms with Gasteiger partial charge in [-0.2, -0.15) is 27.0 Å². The zero-order chi connectivity index (χ0) is 31.1. The van der Waals surface area contributed by atoms with Crippen LogP contribution in [0.15, 0.2) is 66.6 Å².